The molecule has 0 radical (unpaired) electrons. The molecule has 2 aromatic carbocycles. The second kappa shape index (κ2) is 11.4. The lowest BCUT2D eigenvalue weighted by Crippen LogP contribution is -2.42. The molecule has 0 amide bonds. The van der Waals surface area contributed by atoms with E-state index in [4.69, 9.17) is 4.74 Å². The lowest BCUT2D eigenvalue weighted by molar-refractivity contribution is -0.138. The van der Waals surface area contributed by atoms with Crippen LogP contribution in [0.25, 0.3) is 0 Å². The van der Waals surface area contributed by atoms with Crippen LogP contribution >= 0.6 is 0 Å². The van der Waals surface area contributed by atoms with Crippen LogP contribution < -0.4 is 14.4 Å². The molecule has 2 atom stereocenters. The second-order valence-corrected chi connectivity index (χ2v) is 11.5. The van der Waals surface area contributed by atoms with E-state index in [1.807, 2.05) is 50.4 Å². The van der Waals surface area contributed by atoms with Crippen molar-refractivity contribution >= 4 is 21.8 Å². The first-order chi connectivity index (χ1) is 19.2. The molecule has 11 nitrogen and oxygen atoms in total. The summed E-state index contributed by atoms with van der Waals surface area (Å²) < 4.78 is 35.5. The molecule has 40 heavy (non-hydrogen) atoms. The normalized spacial score (nSPS) is 15.6. The van der Waals surface area contributed by atoms with E-state index < -0.39 is 22.0 Å². The zero-order chi connectivity index (χ0) is 28.3. The fourth-order valence-electron chi connectivity index (χ4n) is 4.64. The number of pyridine rings is 1. The van der Waals surface area contributed by atoms with Crippen LogP contribution in [0.15, 0.2) is 78.0 Å². The molecule has 12 heteroatoms. The minimum atomic E-state index is -4.04. The van der Waals surface area contributed by atoms with E-state index in [2.05, 4.69) is 24.9 Å². The Morgan fingerprint density at radius 2 is 2.00 bits per heavy atom. The third-order valence-electron chi connectivity index (χ3n) is 6.76. The zero-order valence-electron chi connectivity index (χ0n) is 22.1. The highest BCUT2D eigenvalue weighted by Gasteiger charge is 2.29. The van der Waals surface area contributed by atoms with Gasteiger partial charge in [-0.05, 0) is 42.8 Å². The van der Waals surface area contributed by atoms with Crippen molar-refractivity contribution in [2.75, 3.05) is 18.6 Å². The summed E-state index contributed by atoms with van der Waals surface area (Å²) in [6.07, 6.45) is 3.93. The third-order valence-corrected chi connectivity index (χ3v) is 8.25. The lowest BCUT2D eigenvalue weighted by Gasteiger charge is -2.27. The maximum Gasteiger partial charge on any atom is 0.322 e. The summed E-state index contributed by atoms with van der Waals surface area (Å²) in [5.74, 6) is 0.328. The van der Waals surface area contributed by atoms with Crippen LogP contribution in [-0.4, -0.2) is 59.2 Å². The Bertz CT molecular complexity index is 1590. The average Bonchev–Trinajstić information content (AvgIpc) is 3.41. The Kier molecular flexibility index (Phi) is 7.81. The summed E-state index contributed by atoms with van der Waals surface area (Å²) in [7, 11) is -2.06. The molecular formula is C28H30N6O5S. The fraction of sp³-hybridized carbons (Fsp3) is 0.286. The molecule has 1 aliphatic heterocycles. The number of aryl methyl sites for hydroxylation is 1. The number of aliphatic carboxylic acids is 1. The molecule has 2 unspecified atom stereocenters. The van der Waals surface area contributed by atoms with Gasteiger partial charge in [0.15, 0.2) is 0 Å². The van der Waals surface area contributed by atoms with E-state index in [1.54, 1.807) is 29.2 Å². The van der Waals surface area contributed by atoms with E-state index in [1.165, 1.54) is 12.1 Å². The number of carbonyl (C=O) groups is 1. The SMILES string of the molecule is Cc1ccc(S(=O)(=O)NC(Cc2cn(C3CCOc4cc(CN(C)c5ccccn5)ccc43)nn2)C(=O)O)cc1. The predicted octanol–water partition coefficient (Wildman–Crippen LogP) is 2.96. The van der Waals surface area contributed by atoms with Crippen LogP contribution in [0, 0.1) is 6.92 Å². The second-order valence-electron chi connectivity index (χ2n) is 9.79. The van der Waals surface area contributed by atoms with Crippen molar-refractivity contribution in [1.29, 1.82) is 0 Å². The molecule has 0 saturated heterocycles. The number of fused-ring (bicyclic) bond motifs is 1. The van der Waals surface area contributed by atoms with Gasteiger partial charge in [0.25, 0.3) is 0 Å². The Morgan fingerprint density at radius 1 is 1.20 bits per heavy atom. The van der Waals surface area contributed by atoms with E-state index in [0.717, 1.165) is 28.3 Å². The number of benzene rings is 2. The molecule has 5 rings (SSSR count). The molecule has 0 aliphatic carbocycles. The molecular weight excluding hydrogens is 532 g/mol. The van der Waals surface area contributed by atoms with Crippen LogP contribution in [0.1, 0.15) is 34.8 Å². The van der Waals surface area contributed by atoms with Crippen molar-refractivity contribution in [2.24, 2.45) is 0 Å². The van der Waals surface area contributed by atoms with Gasteiger partial charge in [-0.3, -0.25) is 4.79 Å². The number of hydrogen-bond acceptors (Lipinski definition) is 8. The number of ether oxygens (including phenoxy) is 1. The predicted molar refractivity (Wildman–Crippen MR) is 148 cm³/mol. The molecule has 4 aromatic rings. The van der Waals surface area contributed by atoms with Gasteiger partial charge in [0, 0.05) is 44.4 Å². The van der Waals surface area contributed by atoms with Crippen molar-refractivity contribution in [2.45, 2.75) is 43.3 Å². The number of sulfonamides is 1. The first kappa shape index (κ1) is 27.3. The van der Waals surface area contributed by atoms with Gasteiger partial charge < -0.3 is 14.7 Å². The van der Waals surface area contributed by atoms with Crippen molar-refractivity contribution < 1.29 is 23.1 Å². The highest BCUT2D eigenvalue weighted by molar-refractivity contribution is 7.89. The molecule has 2 aromatic heterocycles. The zero-order valence-corrected chi connectivity index (χ0v) is 23.0. The first-order valence-corrected chi connectivity index (χ1v) is 14.3. The summed E-state index contributed by atoms with van der Waals surface area (Å²) in [5.41, 5.74) is 3.27. The summed E-state index contributed by atoms with van der Waals surface area (Å²) in [6, 6.07) is 16.5. The summed E-state index contributed by atoms with van der Waals surface area (Å²) in [6.45, 7) is 2.98. The number of anilines is 1. The fourth-order valence-corrected chi connectivity index (χ4v) is 5.83. The molecule has 0 bridgehead atoms. The van der Waals surface area contributed by atoms with Gasteiger partial charge in [0.1, 0.15) is 17.6 Å². The highest BCUT2D eigenvalue weighted by Crippen LogP contribution is 2.35. The number of carboxylic acids is 1. The number of aromatic nitrogens is 4. The van der Waals surface area contributed by atoms with E-state index in [9.17, 15) is 18.3 Å². The minimum Gasteiger partial charge on any atom is -0.493 e. The Morgan fingerprint density at radius 3 is 2.73 bits per heavy atom. The minimum absolute atomic E-state index is 0.00240. The van der Waals surface area contributed by atoms with Crippen LogP contribution in [0.4, 0.5) is 5.82 Å². The Hall–Kier alpha value is -4.29. The lowest BCUT2D eigenvalue weighted by atomic mass is 9.98. The van der Waals surface area contributed by atoms with Crippen molar-refractivity contribution in [3.8, 4) is 5.75 Å². The smallest absolute Gasteiger partial charge is 0.322 e. The van der Waals surface area contributed by atoms with Crippen molar-refractivity contribution in [1.82, 2.24) is 24.7 Å². The summed E-state index contributed by atoms with van der Waals surface area (Å²) in [4.78, 5) is 18.4. The van der Waals surface area contributed by atoms with Crippen LogP contribution in [-0.2, 0) is 27.8 Å². The van der Waals surface area contributed by atoms with Gasteiger partial charge in [-0.1, -0.05) is 41.1 Å². The maximum atomic E-state index is 12.8. The van der Waals surface area contributed by atoms with E-state index in [-0.39, 0.29) is 17.4 Å². The van der Waals surface area contributed by atoms with Gasteiger partial charge in [-0.25, -0.2) is 18.1 Å². The topological polar surface area (TPSA) is 140 Å². The van der Waals surface area contributed by atoms with Crippen molar-refractivity contribution in [3.63, 3.8) is 0 Å². The van der Waals surface area contributed by atoms with E-state index >= 15 is 0 Å². The van der Waals surface area contributed by atoms with Crippen LogP contribution in [0.2, 0.25) is 0 Å². The van der Waals surface area contributed by atoms with Gasteiger partial charge in [0.2, 0.25) is 10.0 Å². The molecule has 0 spiro atoms. The number of nitrogens with one attached hydrogen (secondary N) is 1. The standard InChI is InChI=1S/C28H30N6O5S/c1-19-6-9-22(10-7-19)40(37,38)31-24(28(35)36)16-21-18-34(32-30-21)25-12-14-39-26-15-20(8-11-23(25)26)17-33(2)27-5-3-4-13-29-27/h3-11,13,15,18,24-25,31H,12,14,16-17H2,1-2H3,(H,35,36). The largest absolute Gasteiger partial charge is 0.493 e. The van der Waals surface area contributed by atoms with Crippen LogP contribution in [0.5, 0.6) is 5.75 Å². The molecule has 2 N–H and O–H groups in total. The third kappa shape index (κ3) is 6.13. The van der Waals surface area contributed by atoms with Gasteiger partial charge >= 0.3 is 5.97 Å². The van der Waals surface area contributed by atoms with Gasteiger partial charge in [0.05, 0.1) is 23.2 Å². The molecule has 208 valence electrons. The van der Waals surface area contributed by atoms with Gasteiger partial charge in [-0.15, -0.1) is 5.10 Å². The molecule has 0 fully saturated rings. The monoisotopic (exact) mass is 562 g/mol. The van der Waals surface area contributed by atoms with Crippen molar-refractivity contribution in [3.05, 3.63) is 95.4 Å². The Balaban J connectivity index is 1.30. The van der Waals surface area contributed by atoms with Crippen LogP contribution in [0.3, 0.4) is 0 Å². The maximum absolute atomic E-state index is 12.8. The first-order valence-electron chi connectivity index (χ1n) is 12.8. The summed E-state index contributed by atoms with van der Waals surface area (Å²) in [5, 5.41) is 18.1. The summed E-state index contributed by atoms with van der Waals surface area (Å²) >= 11 is 0. The highest BCUT2D eigenvalue weighted by atomic mass is 32.2. The molecule has 1 aliphatic rings. The van der Waals surface area contributed by atoms with E-state index in [0.29, 0.717) is 25.3 Å². The number of nitrogens with zero attached hydrogens (tertiary/aromatic N) is 5. The Labute approximate surface area is 232 Å². The molecule has 0 saturated carbocycles. The number of hydrogen-bond donors (Lipinski definition) is 2. The number of rotatable bonds is 10. The van der Waals surface area contributed by atoms with Gasteiger partial charge in [-0.2, -0.15) is 4.72 Å². The average molecular weight is 563 g/mol. The molecule has 3 heterocycles. The number of carboxylic acid groups (broad SMARTS) is 1. The quantitative estimate of drug-likeness (QED) is 0.299.